The van der Waals surface area contributed by atoms with Crippen LogP contribution in [0, 0.1) is 11.6 Å². The first-order chi connectivity index (χ1) is 8.28. The van der Waals surface area contributed by atoms with E-state index >= 15 is 0 Å². The molecular weight excluding hydrogens is 260 g/mol. The third kappa shape index (κ3) is 3.14. The maximum absolute atomic E-state index is 13.5. The van der Waals surface area contributed by atoms with Gasteiger partial charge in [0.05, 0.1) is 0 Å². The average Bonchev–Trinajstić information content (AvgIpc) is 2.24. The van der Waals surface area contributed by atoms with Crippen molar-refractivity contribution in [3.63, 3.8) is 0 Å². The number of hydrogen-bond acceptors (Lipinski definition) is 2. The minimum atomic E-state index is -3.96. The fourth-order valence-electron chi connectivity index (χ4n) is 1.49. The molecule has 0 N–H and O–H groups in total. The molecule has 0 saturated heterocycles. The zero-order chi connectivity index (χ0) is 13.9. The molecule has 100 valence electrons. The zero-order valence-corrected chi connectivity index (χ0v) is 11.1. The number of halogens is 2. The number of likely N-dealkylation sites (N-methyl/N-ethyl adjacent to an activating group) is 1. The van der Waals surface area contributed by atoms with Gasteiger partial charge in [0, 0.05) is 19.2 Å². The molecular formula is C12H15F2NO2S. The molecule has 3 nitrogen and oxygen atoms in total. The van der Waals surface area contributed by atoms with E-state index in [0.717, 1.165) is 16.4 Å². The van der Waals surface area contributed by atoms with Gasteiger partial charge in [-0.3, -0.25) is 0 Å². The smallest absolute Gasteiger partial charge is 0.207 e. The molecule has 0 aliphatic carbocycles. The van der Waals surface area contributed by atoms with Crippen molar-refractivity contribution in [2.24, 2.45) is 0 Å². The molecule has 0 aromatic heterocycles. The van der Waals surface area contributed by atoms with Crippen LogP contribution in [-0.4, -0.2) is 25.8 Å². The topological polar surface area (TPSA) is 37.4 Å². The van der Waals surface area contributed by atoms with Crippen LogP contribution in [0.5, 0.6) is 0 Å². The van der Waals surface area contributed by atoms with Crippen molar-refractivity contribution in [3.8, 4) is 0 Å². The molecule has 0 unspecified atom stereocenters. The second-order valence-corrected chi connectivity index (χ2v) is 5.87. The fraction of sp³-hybridized carbons (Fsp3) is 0.333. The van der Waals surface area contributed by atoms with Crippen molar-refractivity contribution >= 4 is 10.0 Å². The van der Waals surface area contributed by atoms with Crippen LogP contribution in [-0.2, 0) is 10.0 Å². The van der Waals surface area contributed by atoms with E-state index in [9.17, 15) is 17.2 Å². The largest absolute Gasteiger partial charge is 0.246 e. The van der Waals surface area contributed by atoms with Crippen LogP contribution in [0.2, 0.25) is 0 Å². The standard InChI is InChI=1S/C12H15F2NO2S/c1-4-15(8-9(2)3)18(16,17)12-6-5-10(13)7-11(12)14/h5-7H,2,4,8H2,1,3H3. The van der Waals surface area contributed by atoms with E-state index in [0.29, 0.717) is 11.6 Å². The summed E-state index contributed by atoms with van der Waals surface area (Å²) in [5.41, 5.74) is 0.642. The van der Waals surface area contributed by atoms with Gasteiger partial charge in [0.15, 0.2) is 0 Å². The van der Waals surface area contributed by atoms with E-state index in [2.05, 4.69) is 6.58 Å². The molecule has 18 heavy (non-hydrogen) atoms. The Morgan fingerprint density at radius 3 is 2.44 bits per heavy atom. The van der Waals surface area contributed by atoms with Crippen LogP contribution < -0.4 is 0 Å². The number of nitrogens with zero attached hydrogens (tertiary/aromatic N) is 1. The first-order valence-electron chi connectivity index (χ1n) is 5.38. The SMILES string of the molecule is C=C(C)CN(CC)S(=O)(=O)c1ccc(F)cc1F. The van der Waals surface area contributed by atoms with E-state index in [1.54, 1.807) is 13.8 Å². The first-order valence-corrected chi connectivity index (χ1v) is 6.82. The Hall–Kier alpha value is -1.27. The van der Waals surface area contributed by atoms with Gasteiger partial charge in [0.2, 0.25) is 10.0 Å². The quantitative estimate of drug-likeness (QED) is 0.774. The minimum absolute atomic E-state index is 0.107. The van der Waals surface area contributed by atoms with Crippen molar-refractivity contribution in [1.29, 1.82) is 0 Å². The van der Waals surface area contributed by atoms with Crippen LogP contribution in [0.1, 0.15) is 13.8 Å². The molecule has 0 atom stereocenters. The normalized spacial score (nSPS) is 11.8. The summed E-state index contributed by atoms with van der Waals surface area (Å²) in [5, 5.41) is 0. The highest BCUT2D eigenvalue weighted by Gasteiger charge is 2.26. The maximum atomic E-state index is 13.5. The summed E-state index contributed by atoms with van der Waals surface area (Å²) in [6.45, 7) is 7.24. The van der Waals surface area contributed by atoms with Crippen molar-refractivity contribution in [2.75, 3.05) is 13.1 Å². The summed E-state index contributed by atoms with van der Waals surface area (Å²) >= 11 is 0. The molecule has 1 aromatic carbocycles. The van der Waals surface area contributed by atoms with E-state index in [1.807, 2.05) is 0 Å². The molecule has 0 spiro atoms. The number of sulfonamides is 1. The molecule has 0 aliphatic rings. The summed E-state index contributed by atoms with van der Waals surface area (Å²) in [6.07, 6.45) is 0. The van der Waals surface area contributed by atoms with Gasteiger partial charge in [-0.2, -0.15) is 4.31 Å². The minimum Gasteiger partial charge on any atom is -0.207 e. The van der Waals surface area contributed by atoms with Gasteiger partial charge in [-0.05, 0) is 19.1 Å². The van der Waals surface area contributed by atoms with E-state index in [-0.39, 0.29) is 13.1 Å². The molecule has 6 heteroatoms. The first kappa shape index (κ1) is 14.8. The lowest BCUT2D eigenvalue weighted by atomic mass is 10.3. The summed E-state index contributed by atoms with van der Waals surface area (Å²) in [4.78, 5) is -0.521. The number of benzene rings is 1. The molecule has 0 bridgehead atoms. The van der Waals surface area contributed by atoms with E-state index in [1.165, 1.54) is 0 Å². The van der Waals surface area contributed by atoms with Gasteiger partial charge in [-0.1, -0.05) is 19.1 Å². The van der Waals surface area contributed by atoms with E-state index < -0.39 is 26.6 Å². The Bertz CT molecular complexity index is 555. The summed E-state index contributed by atoms with van der Waals surface area (Å²) in [6, 6.07) is 2.41. The van der Waals surface area contributed by atoms with Crippen LogP contribution in [0.15, 0.2) is 35.2 Å². The monoisotopic (exact) mass is 275 g/mol. The van der Waals surface area contributed by atoms with Gasteiger partial charge in [0.25, 0.3) is 0 Å². The van der Waals surface area contributed by atoms with Crippen molar-refractivity contribution in [3.05, 3.63) is 42.0 Å². The number of hydrogen-bond donors (Lipinski definition) is 0. The summed E-state index contributed by atoms with van der Waals surface area (Å²) < 4.78 is 51.7. The molecule has 1 aromatic rings. The van der Waals surface area contributed by atoms with Crippen LogP contribution in [0.25, 0.3) is 0 Å². The van der Waals surface area contributed by atoms with Crippen molar-refractivity contribution < 1.29 is 17.2 Å². The van der Waals surface area contributed by atoms with Crippen LogP contribution in [0.3, 0.4) is 0 Å². The molecule has 0 amide bonds. The Labute approximate surface area is 106 Å². The van der Waals surface area contributed by atoms with Crippen molar-refractivity contribution in [1.82, 2.24) is 4.31 Å². The summed E-state index contributed by atoms with van der Waals surface area (Å²) in [5.74, 6) is -1.90. The molecule has 1 rings (SSSR count). The predicted molar refractivity (Wildman–Crippen MR) is 65.6 cm³/mol. The molecule has 0 aliphatic heterocycles. The highest BCUT2D eigenvalue weighted by atomic mass is 32.2. The zero-order valence-electron chi connectivity index (χ0n) is 10.3. The highest BCUT2D eigenvalue weighted by molar-refractivity contribution is 7.89. The number of rotatable bonds is 5. The van der Waals surface area contributed by atoms with Crippen LogP contribution in [0.4, 0.5) is 8.78 Å². The maximum Gasteiger partial charge on any atom is 0.246 e. The van der Waals surface area contributed by atoms with Gasteiger partial charge in [0.1, 0.15) is 16.5 Å². The van der Waals surface area contributed by atoms with Crippen molar-refractivity contribution in [2.45, 2.75) is 18.7 Å². The summed E-state index contributed by atoms with van der Waals surface area (Å²) in [7, 11) is -3.96. The fourth-order valence-corrected chi connectivity index (χ4v) is 3.05. The van der Waals surface area contributed by atoms with Gasteiger partial charge in [-0.15, -0.1) is 0 Å². The lowest BCUT2D eigenvalue weighted by molar-refractivity contribution is 0.446. The Kier molecular flexibility index (Phi) is 4.59. The highest BCUT2D eigenvalue weighted by Crippen LogP contribution is 2.20. The average molecular weight is 275 g/mol. The predicted octanol–water partition coefficient (Wildman–Crippen LogP) is 2.55. The molecule has 0 saturated carbocycles. The lowest BCUT2D eigenvalue weighted by Gasteiger charge is -2.20. The van der Waals surface area contributed by atoms with E-state index in [4.69, 9.17) is 0 Å². The Balaban J connectivity index is 3.23. The third-order valence-electron chi connectivity index (χ3n) is 2.31. The Morgan fingerprint density at radius 1 is 1.39 bits per heavy atom. The Morgan fingerprint density at radius 2 is 2.00 bits per heavy atom. The van der Waals surface area contributed by atoms with Gasteiger partial charge >= 0.3 is 0 Å². The second kappa shape index (κ2) is 5.58. The van der Waals surface area contributed by atoms with Crippen LogP contribution >= 0.6 is 0 Å². The lowest BCUT2D eigenvalue weighted by Crippen LogP contribution is -2.32. The molecule has 0 fully saturated rings. The molecule has 0 heterocycles. The second-order valence-electron chi connectivity index (χ2n) is 3.96. The van der Waals surface area contributed by atoms with Gasteiger partial charge < -0.3 is 0 Å². The third-order valence-corrected chi connectivity index (χ3v) is 4.26. The molecule has 0 radical (unpaired) electrons. The van der Waals surface area contributed by atoms with Gasteiger partial charge in [-0.25, -0.2) is 17.2 Å².